The van der Waals surface area contributed by atoms with Crippen LogP contribution in [0.2, 0.25) is 0 Å². The van der Waals surface area contributed by atoms with Crippen LogP contribution in [0.15, 0.2) is 36.0 Å². The highest BCUT2D eigenvalue weighted by atomic mass is 32.2. The number of nitrogens with one attached hydrogen (secondary N) is 1. The van der Waals surface area contributed by atoms with E-state index in [1.165, 1.54) is 50.3 Å². The minimum Gasteiger partial charge on any atom is -0.496 e. The lowest BCUT2D eigenvalue weighted by molar-refractivity contribution is -0.384. The molecule has 3 rings (SSSR count). The second kappa shape index (κ2) is 10.2. The highest BCUT2D eigenvalue weighted by Gasteiger charge is 2.24. The second-order valence-electron chi connectivity index (χ2n) is 7.05. The highest BCUT2D eigenvalue weighted by Crippen LogP contribution is 2.33. The van der Waals surface area contributed by atoms with Crippen LogP contribution in [0.4, 0.5) is 11.4 Å². The van der Waals surface area contributed by atoms with Crippen LogP contribution in [0.5, 0.6) is 5.75 Å². The van der Waals surface area contributed by atoms with Gasteiger partial charge in [0.2, 0.25) is 5.91 Å². The summed E-state index contributed by atoms with van der Waals surface area (Å²) in [6.07, 6.45) is 7.63. The first-order valence-electron chi connectivity index (χ1n) is 9.82. The average molecular weight is 432 g/mol. The number of nitro benzene ring substituents is 1. The van der Waals surface area contributed by atoms with Crippen LogP contribution in [0.1, 0.15) is 43.8 Å². The maximum absolute atomic E-state index is 12.4. The van der Waals surface area contributed by atoms with E-state index in [-0.39, 0.29) is 23.0 Å². The highest BCUT2D eigenvalue weighted by molar-refractivity contribution is 7.99. The number of benzene rings is 1. The maximum Gasteiger partial charge on any atom is 0.296 e. The van der Waals surface area contributed by atoms with Crippen molar-refractivity contribution < 1.29 is 14.5 Å². The van der Waals surface area contributed by atoms with E-state index < -0.39 is 4.92 Å². The number of rotatable bonds is 9. The van der Waals surface area contributed by atoms with E-state index in [4.69, 9.17) is 4.74 Å². The summed E-state index contributed by atoms with van der Waals surface area (Å²) in [6, 6.07) is 4.30. The van der Waals surface area contributed by atoms with Crippen molar-refractivity contribution in [3.63, 3.8) is 0 Å². The topological polar surface area (TPSA) is 112 Å². The molecule has 1 aliphatic rings. The van der Waals surface area contributed by atoms with Crippen LogP contribution in [-0.4, -0.2) is 38.5 Å². The molecule has 2 aromatic rings. The Morgan fingerprint density at radius 2 is 2.17 bits per heavy atom. The van der Waals surface area contributed by atoms with Crippen LogP contribution in [-0.2, 0) is 11.3 Å². The minimum atomic E-state index is -0.553. The van der Waals surface area contributed by atoms with E-state index in [1.54, 1.807) is 12.1 Å². The third-order valence-corrected chi connectivity index (χ3v) is 6.00. The van der Waals surface area contributed by atoms with Gasteiger partial charge in [-0.1, -0.05) is 37.1 Å². The van der Waals surface area contributed by atoms with Gasteiger partial charge < -0.3 is 14.6 Å². The van der Waals surface area contributed by atoms with Crippen molar-refractivity contribution in [2.75, 3.05) is 18.2 Å². The van der Waals surface area contributed by atoms with Gasteiger partial charge in [-0.2, -0.15) is 0 Å². The van der Waals surface area contributed by atoms with Gasteiger partial charge in [-0.05, 0) is 25.0 Å². The van der Waals surface area contributed by atoms with Gasteiger partial charge in [-0.15, -0.1) is 16.8 Å². The number of carbonyl (C=O) groups excluding carboxylic acids is 1. The first-order chi connectivity index (χ1) is 14.5. The van der Waals surface area contributed by atoms with Gasteiger partial charge in [0.05, 0.1) is 23.9 Å². The predicted octanol–water partition coefficient (Wildman–Crippen LogP) is 4.16. The molecule has 0 aliphatic heterocycles. The molecule has 1 heterocycles. The molecule has 0 bridgehead atoms. The molecule has 0 unspecified atom stereocenters. The van der Waals surface area contributed by atoms with E-state index in [9.17, 15) is 14.9 Å². The number of anilines is 1. The Morgan fingerprint density at radius 1 is 1.40 bits per heavy atom. The molecule has 0 radical (unpaired) electrons. The third-order valence-electron chi connectivity index (χ3n) is 5.04. The Hall–Kier alpha value is -2.88. The lowest BCUT2D eigenvalue weighted by atomic mass is 9.89. The molecule has 1 amide bonds. The molecule has 10 heteroatoms. The van der Waals surface area contributed by atoms with E-state index in [2.05, 4.69) is 22.1 Å². The van der Waals surface area contributed by atoms with Gasteiger partial charge in [0, 0.05) is 12.5 Å². The lowest BCUT2D eigenvalue weighted by Crippen LogP contribution is -2.16. The van der Waals surface area contributed by atoms with Crippen LogP contribution in [0, 0.1) is 10.1 Å². The van der Waals surface area contributed by atoms with Crippen LogP contribution in [0.25, 0.3) is 0 Å². The zero-order valence-corrected chi connectivity index (χ0v) is 17.7. The lowest BCUT2D eigenvalue weighted by Gasteiger charge is -2.21. The Labute approximate surface area is 179 Å². The predicted molar refractivity (Wildman–Crippen MR) is 115 cm³/mol. The summed E-state index contributed by atoms with van der Waals surface area (Å²) in [7, 11) is 1.43. The second-order valence-corrected chi connectivity index (χ2v) is 7.99. The van der Waals surface area contributed by atoms with Crippen molar-refractivity contribution in [1.82, 2.24) is 14.8 Å². The monoisotopic (exact) mass is 431 g/mol. The molecular weight excluding hydrogens is 406 g/mol. The standard InChI is InChI=1S/C20H25N5O4S/c1-3-11-24-19(14-7-5-4-6-8-14)22-23-20(24)30-13-18(26)21-16-10-9-15(29-2)12-17(16)25(27)28/h3,9-10,12,14H,1,4-8,11,13H2,2H3,(H,21,26). The number of nitrogens with zero attached hydrogens (tertiary/aromatic N) is 4. The average Bonchev–Trinajstić information content (AvgIpc) is 3.16. The molecular formula is C20H25N5O4S. The molecule has 30 heavy (non-hydrogen) atoms. The molecule has 0 spiro atoms. The smallest absolute Gasteiger partial charge is 0.296 e. The third kappa shape index (κ3) is 5.18. The Balaban J connectivity index is 1.68. The molecule has 1 fully saturated rings. The molecule has 1 aromatic carbocycles. The van der Waals surface area contributed by atoms with Gasteiger partial charge in [-0.25, -0.2) is 0 Å². The Bertz CT molecular complexity index is 924. The summed E-state index contributed by atoms with van der Waals surface area (Å²) in [5.41, 5.74) is -0.0936. The quantitative estimate of drug-likeness (QED) is 0.274. The summed E-state index contributed by atoms with van der Waals surface area (Å²) >= 11 is 1.26. The van der Waals surface area contributed by atoms with Crippen molar-refractivity contribution in [2.45, 2.75) is 49.7 Å². The van der Waals surface area contributed by atoms with E-state index in [0.717, 1.165) is 18.7 Å². The number of amides is 1. The van der Waals surface area contributed by atoms with Crippen LogP contribution < -0.4 is 10.1 Å². The molecule has 0 saturated heterocycles. The van der Waals surface area contributed by atoms with Gasteiger partial charge in [-0.3, -0.25) is 14.9 Å². The minimum absolute atomic E-state index is 0.0587. The van der Waals surface area contributed by atoms with Gasteiger partial charge >= 0.3 is 0 Å². The number of ether oxygens (including phenoxy) is 1. The molecule has 160 valence electrons. The van der Waals surface area contributed by atoms with Crippen molar-refractivity contribution in [2.24, 2.45) is 0 Å². The van der Waals surface area contributed by atoms with Crippen LogP contribution in [0.3, 0.4) is 0 Å². The molecule has 0 atom stereocenters. The Kier molecular flexibility index (Phi) is 7.45. The zero-order valence-electron chi connectivity index (χ0n) is 16.9. The number of thioether (sulfide) groups is 1. The number of hydrogen-bond acceptors (Lipinski definition) is 7. The molecule has 1 aliphatic carbocycles. The first-order valence-corrected chi connectivity index (χ1v) is 10.8. The van der Waals surface area contributed by atoms with Crippen LogP contribution >= 0.6 is 11.8 Å². The summed E-state index contributed by atoms with van der Waals surface area (Å²) in [5.74, 6) is 1.38. The number of methoxy groups -OCH3 is 1. The molecule has 9 nitrogen and oxygen atoms in total. The van der Waals surface area contributed by atoms with Crippen molar-refractivity contribution in [3.05, 3.63) is 46.8 Å². The Morgan fingerprint density at radius 3 is 2.83 bits per heavy atom. The number of carbonyl (C=O) groups is 1. The largest absolute Gasteiger partial charge is 0.496 e. The fraction of sp³-hybridized carbons (Fsp3) is 0.450. The number of allylic oxidation sites excluding steroid dienone is 1. The number of nitro groups is 1. The van der Waals surface area contributed by atoms with E-state index in [1.807, 2.05) is 4.57 Å². The maximum atomic E-state index is 12.4. The molecule has 1 saturated carbocycles. The number of aromatic nitrogens is 3. The van der Waals surface area contributed by atoms with Gasteiger partial charge in [0.1, 0.15) is 17.3 Å². The van der Waals surface area contributed by atoms with Gasteiger partial charge in [0.25, 0.3) is 5.69 Å². The molecule has 1 N–H and O–H groups in total. The van der Waals surface area contributed by atoms with Crippen molar-refractivity contribution in [3.8, 4) is 5.75 Å². The summed E-state index contributed by atoms with van der Waals surface area (Å²) in [4.78, 5) is 23.2. The molecule has 1 aromatic heterocycles. The first kappa shape index (κ1) is 21.8. The number of hydrogen-bond donors (Lipinski definition) is 1. The zero-order chi connectivity index (χ0) is 21.5. The SMILES string of the molecule is C=CCn1c(SCC(=O)Nc2ccc(OC)cc2[N+](=O)[O-])nnc1C1CCCCC1. The summed E-state index contributed by atoms with van der Waals surface area (Å²) < 4.78 is 7.02. The van der Waals surface area contributed by atoms with E-state index >= 15 is 0 Å². The van der Waals surface area contributed by atoms with E-state index in [0.29, 0.717) is 23.4 Å². The van der Waals surface area contributed by atoms with Crippen molar-refractivity contribution in [1.29, 1.82) is 0 Å². The summed E-state index contributed by atoms with van der Waals surface area (Å²) in [6.45, 7) is 4.39. The fourth-order valence-corrected chi connectivity index (χ4v) is 4.34. The normalized spacial score (nSPS) is 14.3. The van der Waals surface area contributed by atoms with Gasteiger partial charge in [0.15, 0.2) is 5.16 Å². The summed E-state index contributed by atoms with van der Waals surface area (Å²) in [5, 5.41) is 23.2. The van der Waals surface area contributed by atoms with Crippen molar-refractivity contribution >= 4 is 29.0 Å². The fourth-order valence-electron chi connectivity index (χ4n) is 3.58.